The number of nitrogens with zero attached hydrogens (tertiary/aromatic N) is 1. The Morgan fingerprint density at radius 2 is 1.89 bits per heavy atom. The second kappa shape index (κ2) is 6.66. The standard InChI is InChI=1S/C22H25NO4/c1-14(2)15-9-11-16(12-10-15)20-22(21(24)25-4)13-26-18-8-6-5-7-17(18)19(22)23(3)27-20/h5-12,14,19-20H,13H2,1-4H3/t19-,20+,22-/m1/s1. The molecule has 0 radical (unpaired) electrons. The molecule has 5 heteroatoms. The SMILES string of the molecule is COC(=O)[C@]12COc3ccccc3[C@H]1N(C)O[C@H]2c1ccc(C(C)C)cc1. The van der Waals surface area contributed by atoms with Crippen LogP contribution in [0.3, 0.4) is 0 Å². The number of hydrogen-bond acceptors (Lipinski definition) is 5. The highest BCUT2D eigenvalue weighted by atomic mass is 16.7. The first-order valence-corrected chi connectivity index (χ1v) is 9.28. The van der Waals surface area contributed by atoms with Gasteiger partial charge in [-0.05, 0) is 23.1 Å². The van der Waals surface area contributed by atoms with Crippen molar-refractivity contribution in [3.8, 4) is 5.75 Å². The van der Waals surface area contributed by atoms with Crippen molar-refractivity contribution >= 4 is 5.97 Å². The molecule has 0 saturated carbocycles. The maximum Gasteiger partial charge on any atom is 0.320 e. The van der Waals surface area contributed by atoms with Crippen LogP contribution in [0.1, 0.15) is 48.6 Å². The Morgan fingerprint density at radius 1 is 1.19 bits per heavy atom. The molecule has 0 aliphatic carbocycles. The molecule has 5 nitrogen and oxygen atoms in total. The van der Waals surface area contributed by atoms with Crippen molar-refractivity contribution in [2.75, 3.05) is 20.8 Å². The summed E-state index contributed by atoms with van der Waals surface area (Å²) in [6, 6.07) is 15.8. The third-order valence-corrected chi connectivity index (χ3v) is 5.74. The van der Waals surface area contributed by atoms with Crippen molar-refractivity contribution in [1.29, 1.82) is 0 Å². The zero-order chi connectivity index (χ0) is 19.2. The molecule has 27 heavy (non-hydrogen) atoms. The van der Waals surface area contributed by atoms with Crippen LogP contribution in [0.15, 0.2) is 48.5 Å². The molecule has 3 atom stereocenters. The highest BCUT2D eigenvalue weighted by Gasteiger charge is 2.64. The number of benzene rings is 2. The lowest BCUT2D eigenvalue weighted by Gasteiger charge is -2.39. The maximum atomic E-state index is 13.1. The highest BCUT2D eigenvalue weighted by molar-refractivity contribution is 5.80. The van der Waals surface area contributed by atoms with E-state index in [0.29, 0.717) is 5.92 Å². The van der Waals surface area contributed by atoms with Gasteiger partial charge in [-0.1, -0.05) is 56.3 Å². The Kier molecular flexibility index (Phi) is 4.44. The number of esters is 1. The molecule has 4 rings (SSSR count). The van der Waals surface area contributed by atoms with Gasteiger partial charge in [-0.2, -0.15) is 5.06 Å². The highest BCUT2D eigenvalue weighted by Crippen LogP contribution is 2.59. The van der Waals surface area contributed by atoms with Gasteiger partial charge in [0.05, 0.1) is 13.2 Å². The van der Waals surface area contributed by atoms with Crippen LogP contribution in [0.4, 0.5) is 0 Å². The Labute approximate surface area is 159 Å². The minimum Gasteiger partial charge on any atom is -0.492 e. The van der Waals surface area contributed by atoms with E-state index in [1.54, 1.807) is 5.06 Å². The van der Waals surface area contributed by atoms with Crippen molar-refractivity contribution in [2.24, 2.45) is 5.41 Å². The van der Waals surface area contributed by atoms with Gasteiger partial charge < -0.3 is 9.47 Å². The molecule has 2 aromatic carbocycles. The van der Waals surface area contributed by atoms with Gasteiger partial charge in [0, 0.05) is 12.6 Å². The molecule has 2 aliphatic rings. The molecule has 2 heterocycles. The zero-order valence-electron chi connectivity index (χ0n) is 16.1. The number of hydroxylamine groups is 2. The average Bonchev–Trinajstić information content (AvgIpc) is 3.01. The number of rotatable bonds is 3. The van der Waals surface area contributed by atoms with E-state index in [-0.39, 0.29) is 18.6 Å². The Bertz CT molecular complexity index is 848. The number of ether oxygens (including phenoxy) is 2. The first-order valence-electron chi connectivity index (χ1n) is 9.28. The molecular formula is C22H25NO4. The summed E-state index contributed by atoms with van der Waals surface area (Å²) in [6.07, 6.45) is -0.477. The van der Waals surface area contributed by atoms with Crippen molar-refractivity contribution in [2.45, 2.75) is 31.9 Å². The van der Waals surface area contributed by atoms with E-state index < -0.39 is 11.5 Å². The fraction of sp³-hybridized carbons (Fsp3) is 0.409. The molecule has 0 N–H and O–H groups in total. The number of carbonyl (C=O) groups excluding carboxylic acids is 1. The summed E-state index contributed by atoms with van der Waals surface area (Å²) in [5.74, 6) is 0.913. The summed E-state index contributed by atoms with van der Waals surface area (Å²) >= 11 is 0. The number of carbonyl (C=O) groups is 1. The van der Waals surface area contributed by atoms with E-state index in [0.717, 1.165) is 16.9 Å². The largest absolute Gasteiger partial charge is 0.492 e. The van der Waals surface area contributed by atoms with Crippen LogP contribution < -0.4 is 4.74 Å². The molecule has 0 bridgehead atoms. The van der Waals surface area contributed by atoms with E-state index in [1.165, 1.54) is 12.7 Å². The van der Waals surface area contributed by atoms with Crippen LogP contribution in [-0.2, 0) is 14.4 Å². The lowest BCUT2D eigenvalue weighted by Crippen LogP contribution is -2.48. The summed E-state index contributed by atoms with van der Waals surface area (Å²) in [5, 5.41) is 1.78. The predicted molar refractivity (Wildman–Crippen MR) is 101 cm³/mol. The summed E-state index contributed by atoms with van der Waals surface area (Å²) < 4.78 is 11.3. The molecule has 1 saturated heterocycles. The number of methoxy groups -OCH3 is 1. The monoisotopic (exact) mass is 367 g/mol. The van der Waals surface area contributed by atoms with Gasteiger partial charge in [-0.3, -0.25) is 9.63 Å². The van der Waals surface area contributed by atoms with Crippen LogP contribution in [0.25, 0.3) is 0 Å². The van der Waals surface area contributed by atoms with E-state index in [2.05, 4.69) is 26.0 Å². The molecular weight excluding hydrogens is 342 g/mol. The lowest BCUT2D eigenvalue weighted by atomic mass is 9.70. The molecule has 0 unspecified atom stereocenters. The third-order valence-electron chi connectivity index (χ3n) is 5.74. The molecule has 142 valence electrons. The first-order chi connectivity index (χ1) is 13.0. The quantitative estimate of drug-likeness (QED) is 0.767. The minimum absolute atomic E-state index is 0.211. The van der Waals surface area contributed by atoms with Crippen LogP contribution in [0, 0.1) is 5.41 Å². The van der Waals surface area contributed by atoms with Gasteiger partial charge in [0.15, 0.2) is 5.41 Å². The van der Waals surface area contributed by atoms with E-state index in [9.17, 15) is 4.79 Å². The van der Waals surface area contributed by atoms with E-state index >= 15 is 0 Å². The second-order valence-electron chi connectivity index (χ2n) is 7.61. The van der Waals surface area contributed by atoms with Gasteiger partial charge in [-0.15, -0.1) is 0 Å². The molecule has 2 aromatic rings. The van der Waals surface area contributed by atoms with Crippen LogP contribution in [0.2, 0.25) is 0 Å². The fourth-order valence-electron chi connectivity index (χ4n) is 4.33. The molecule has 2 aliphatic heterocycles. The molecule has 0 aromatic heterocycles. The van der Waals surface area contributed by atoms with E-state index in [1.807, 2.05) is 43.4 Å². The number of para-hydroxylation sites is 1. The molecule has 0 spiro atoms. The van der Waals surface area contributed by atoms with Crippen molar-refractivity contribution in [1.82, 2.24) is 5.06 Å². The lowest BCUT2D eigenvalue weighted by molar-refractivity contribution is -0.163. The average molecular weight is 367 g/mol. The maximum absolute atomic E-state index is 13.1. The Hall–Kier alpha value is -2.37. The van der Waals surface area contributed by atoms with Crippen LogP contribution in [0.5, 0.6) is 5.75 Å². The van der Waals surface area contributed by atoms with Crippen molar-refractivity contribution in [3.05, 3.63) is 65.2 Å². The number of hydrogen-bond donors (Lipinski definition) is 0. The van der Waals surface area contributed by atoms with E-state index in [4.69, 9.17) is 14.3 Å². The molecule has 1 fully saturated rings. The van der Waals surface area contributed by atoms with Crippen molar-refractivity contribution < 1.29 is 19.1 Å². The van der Waals surface area contributed by atoms with Gasteiger partial charge in [0.1, 0.15) is 18.5 Å². The van der Waals surface area contributed by atoms with Crippen molar-refractivity contribution in [3.63, 3.8) is 0 Å². The Morgan fingerprint density at radius 3 is 2.56 bits per heavy atom. The predicted octanol–water partition coefficient (Wildman–Crippen LogP) is 4.02. The zero-order valence-corrected chi connectivity index (χ0v) is 16.1. The second-order valence-corrected chi connectivity index (χ2v) is 7.61. The normalized spacial score (nSPS) is 27.0. The van der Waals surface area contributed by atoms with Gasteiger partial charge in [0.2, 0.25) is 0 Å². The Balaban J connectivity index is 1.83. The molecule has 0 amide bonds. The summed E-state index contributed by atoms with van der Waals surface area (Å²) in [6.45, 7) is 4.53. The topological polar surface area (TPSA) is 48.0 Å². The number of fused-ring (bicyclic) bond motifs is 3. The fourth-order valence-corrected chi connectivity index (χ4v) is 4.33. The summed E-state index contributed by atoms with van der Waals surface area (Å²) in [7, 11) is 3.29. The third kappa shape index (κ3) is 2.65. The summed E-state index contributed by atoms with van der Waals surface area (Å²) in [5.41, 5.74) is 2.18. The van der Waals surface area contributed by atoms with Crippen LogP contribution in [-0.4, -0.2) is 31.8 Å². The van der Waals surface area contributed by atoms with Gasteiger partial charge in [0.25, 0.3) is 0 Å². The van der Waals surface area contributed by atoms with Gasteiger partial charge in [-0.25, -0.2) is 0 Å². The summed E-state index contributed by atoms with van der Waals surface area (Å²) in [4.78, 5) is 19.3. The minimum atomic E-state index is -0.961. The van der Waals surface area contributed by atoms with Crippen LogP contribution >= 0.6 is 0 Å². The first kappa shape index (κ1) is 18.0. The van der Waals surface area contributed by atoms with Gasteiger partial charge >= 0.3 is 5.97 Å². The smallest absolute Gasteiger partial charge is 0.320 e.